The Hall–Kier alpha value is -2.83. The summed E-state index contributed by atoms with van der Waals surface area (Å²) in [5.74, 6) is -0.473. The fourth-order valence-corrected chi connectivity index (χ4v) is 4.00. The predicted octanol–water partition coefficient (Wildman–Crippen LogP) is 2.78. The van der Waals surface area contributed by atoms with Gasteiger partial charge in [0.15, 0.2) is 6.23 Å². The van der Waals surface area contributed by atoms with Crippen LogP contribution in [-0.4, -0.2) is 65.0 Å². The minimum atomic E-state index is -1.15. The lowest BCUT2D eigenvalue weighted by molar-refractivity contribution is -0.199. The number of carbonyl (C=O) groups excluding carboxylic acids is 3. The van der Waals surface area contributed by atoms with Crippen LogP contribution in [0.15, 0.2) is 24.3 Å². The molecule has 2 unspecified atom stereocenters. The summed E-state index contributed by atoms with van der Waals surface area (Å²) in [6.07, 6.45) is -1.01. The number of amides is 2. The molecular formula is C25H37BN2O9. The summed E-state index contributed by atoms with van der Waals surface area (Å²) < 4.78 is 22.9. The van der Waals surface area contributed by atoms with E-state index in [2.05, 4.69) is 5.32 Å². The molecule has 3 rings (SSSR count). The molecule has 1 aromatic carbocycles. The van der Waals surface area contributed by atoms with E-state index in [9.17, 15) is 19.5 Å². The van der Waals surface area contributed by atoms with Crippen LogP contribution in [0.2, 0.25) is 0 Å². The lowest BCUT2D eigenvalue weighted by atomic mass is 9.79. The smallest absolute Gasteiger partial charge is 0.444 e. The van der Waals surface area contributed by atoms with Crippen molar-refractivity contribution in [3.63, 3.8) is 0 Å². The maximum atomic E-state index is 11.9. The molecule has 2 aliphatic heterocycles. The number of carbonyl (C=O) groups is 3. The number of hydrogen-bond acceptors (Lipinski definition) is 9. The number of nitrogens with zero attached hydrogens (tertiary/aromatic N) is 1. The number of alkyl carbamates (subject to hydrolysis) is 1. The molecule has 2 fully saturated rings. The fourth-order valence-electron chi connectivity index (χ4n) is 4.00. The average molecular weight is 520 g/mol. The number of aliphatic hydroxyl groups is 1. The van der Waals surface area contributed by atoms with E-state index in [1.807, 2.05) is 53.7 Å². The van der Waals surface area contributed by atoms with E-state index in [1.165, 1.54) is 0 Å². The molecule has 0 aliphatic carbocycles. The van der Waals surface area contributed by atoms with E-state index in [0.29, 0.717) is 30.0 Å². The molecule has 2 atom stereocenters. The molecule has 12 heteroatoms. The van der Waals surface area contributed by atoms with Crippen LogP contribution in [0, 0.1) is 0 Å². The summed E-state index contributed by atoms with van der Waals surface area (Å²) in [5, 5.41) is 13.0. The summed E-state index contributed by atoms with van der Waals surface area (Å²) in [4.78, 5) is 40.1. The van der Waals surface area contributed by atoms with Gasteiger partial charge in [0.25, 0.3) is 5.91 Å². The highest BCUT2D eigenvalue weighted by molar-refractivity contribution is 6.62. The van der Waals surface area contributed by atoms with Gasteiger partial charge in [0.05, 0.1) is 11.2 Å². The topological polar surface area (TPSA) is 133 Å². The predicted molar refractivity (Wildman–Crippen MR) is 133 cm³/mol. The van der Waals surface area contributed by atoms with Gasteiger partial charge in [-0.05, 0) is 65.4 Å². The SMILES string of the molecule is CC(C)(C)OC(=O)NCCCC1(C)OB(c2ccc(COC(=O)ON3C(=O)CCC3O)cc2)OC1(C)C. The normalized spacial score (nSPS) is 23.2. The van der Waals surface area contributed by atoms with Crippen molar-refractivity contribution in [3.05, 3.63) is 29.8 Å². The van der Waals surface area contributed by atoms with Crippen molar-refractivity contribution >= 4 is 30.7 Å². The maximum Gasteiger partial charge on any atom is 0.533 e. The molecule has 1 aromatic rings. The number of ether oxygens (including phenoxy) is 2. The summed E-state index contributed by atoms with van der Waals surface area (Å²) in [6.45, 7) is 11.8. The van der Waals surface area contributed by atoms with Crippen molar-refractivity contribution < 1.29 is 43.1 Å². The third kappa shape index (κ3) is 7.59. The van der Waals surface area contributed by atoms with E-state index >= 15 is 0 Å². The number of nitrogens with one attached hydrogen (secondary N) is 1. The Kier molecular flexibility index (Phi) is 8.76. The van der Waals surface area contributed by atoms with Crippen LogP contribution in [0.25, 0.3) is 0 Å². The summed E-state index contributed by atoms with van der Waals surface area (Å²) in [7, 11) is -0.582. The number of hydrogen-bond donors (Lipinski definition) is 2. The van der Waals surface area contributed by atoms with Gasteiger partial charge in [0.2, 0.25) is 0 Å². The van der Waals surface area contributed by atoms with Crippen LogP contribution in [0.3, 0.4) is 0 Å². The molecule has 2 heterocycles. The Bertz CT molecular complexity index is 979. The Balaban J connectivity index is 1.48. The minimum absolute atomic E-state index is 0.0719. The van der Waals surface area contributed by atoms with Gasteiger partial charge >= 0.3 is 19.4 Å². The highest BCUT2D eigenvalue weighted by Crippen LogP contribution is 2.40. The zero-order chi connectivity index (χ0) is 27.4. The van der Waals surface area contributed by atoms with Crippen LogP contribution in [0.5, 0.6) is 0 Å². The van der Waals surface area contributed by atoms with E-state index in [4.69, 9.17) is 23.6 Å². The number of aliphatic hydroxyl groups excluding tert-OH is 1. The first kappa shape index (κ1) is 28.7. The van der Waals surface area contributed by atoms with Gasteiger partial charge in [-0.15, -0.1) is 5.06 Å². The van der Waals surface area contributed by atoms with Crippen molar-refractivity contribution in [1.29, 1.82) is 0 Å². The lowest BCUT2D eigenvalue weighted by Crippen LogP contribution is -2.45. The van der Waals surface area contributed by atoms with E-state index in [1.54, 1.807) is 12.1 Å². The Morgan fingerprint density at radius 2 is 1.86 bits per heavy atom. The van der Waals surface area contributed by atoms with Crippen LogP contribution >= 0.6 is 0 Å². The molecule has 204 valence electrons. The van der Waals surface area contributed by atoms with Crippen molar-refractivity contribution in [1.82, 2.24) is 10.4 Å². The second kappa shape index (κ2) is 11.3. The van der Waals surface area contributed by atoms with Gasteiger partial charge in [0, 0.05) is 19.4 Å². The Morgan fingerprint density at radius 3 is 2.46 bits per heavy atom. The van der Waals surface area contributed by atoms with Crippen molar-refractivity contribution in [2.24, 2.45) is 0 Å². The highest BCUT2D eigenvalue weighted by atomic mass is 16.8. The molecule has 2 aliphatic rings. The molecule has 0 aromatic heterocycles. The van der Waals surface area contributed by atoms with Gasteiger partial charge in [-0.1, -0.05) is 24.3 Å². The van der Waals surface area contributed by atoms with Crippen LogP contribution in [0.1, 0.15) is 72.8 Å². The maximum absolute atomic E-state index is 11.9. The molecule has 2 N–H and O–H groups in total. The first-order valence-electron chi connectivity index (χ1n) is 12.5. The van der Waals surface area contributed by atoms with Gasteiger partial charge in [0.1, 0.15) is 12.2 Å². The molecule has 0 bridgehead atoms. The van der Waals surface area contributed by atoms with Crippen LogP contribution in [-0.2, 0) is 35.0 Å². The largest absolute Gasteiger partial charge is 0.533 e. The van der Waals surface area contributed by atoms with E-state index in [-0.39, 0.29) is 19.4 Å². The summed E-state index contributed by atoms with van der Waals surface area (Å²) >= 11 is 0. The number of benzene rings is 1. The van der Waals surface area contributed by atoms with E-state index in [0.717, 1.165) is 5.46 Å². The number of hydroxylamine groups is 2. The second-order valence-electron chi connectivity index (χ2n) is 11.0. The van der Waals surface area contributed by atoms with Crippen LogP contribution in [0.4, 0.5) is 9.59 Å². The zero-order valence-corrected chi connectivity index (χ0v) is 22.4. The van der Waals surface area contributed by atoms with Crippen molar-refractivity contribution in [2.75, 3.05) is 6.54 Å². The molecule has 37 heavy (non-hydrogen) atoms. The molecule has 2 amide bonds. The molecule has 2 saturated heterocycles. The molecule has 0 saturated carbocycles. The second-order valence-corrected chi connectivity index (χ2v) is 11.0. The molecular weight excluding hydrogens is 483 g/mol. The van der Waals surface area contributed by atoms with Gasteiger partial charge in [-0.25, -0.2) is 9.59 Å². The van der Waals surface area contributed by atoms with Crippen molar-refractivity contribution in [2.45, 2.75) is 96.9 Å². The third-order valence-corrected chi connectivity index (χ3v) is 6.46. The molecule has 0 radical (unpaired) electrons. The zero-order valence-electron chi connectivity index (χ0n) is 22.4. The van der Waals surface area contributed by atoms with E-state index < -0.39 is 48.3 Å². The van der Waals surface area contributed by atoms with Gasteiger partial charge in [-0.3, -0.25) is 4.79 Å². The van der Waals surface area contributed by atoms with Crippen LogP contribution < -0.4 is 10.8 Å². The first-order valence-corrected chi connectivity index (χ1v) is 12.5. The molecule has 0 spiro atoms. The fraction of sp³-hybridized carbons (Fsp3) is 0.640. The minimum Gasteiger partial charge on any atom is -0.444 e. The van der Waals surface area contributed by atoms with Gasteiger partial charge < -0.3 is 34.0 Å². The van der Waals surface area contributed by atoms with Crippen molar-refractivity contribution in [3.8, 4) is 0 Å². The highest BCUT2D eigenvalue weighted by Gasteiger charge is 2.54. The third-order valence-electron chi connectivity index (χ3n) is 6.46. The van der Waals surface area contributed by atoms with Gasteiger partial charge in [-0.2, -0.15) is 0 Å². The first-order chi connectivity index (χ1) is 17.2. The lowest BCUT2D eigenvalue weighted by Gasteiger charge is -2.36. The average Bonchev–Trinajstić information content (AvgIpc) is 3.24. The summed E-state index contributed by atoms with van der Waals surface area (Å²) in [6, 6.07) is 7.21. The Morgan fingerprint density at radius 1 is 1.19 bits per heavy atom. The molecule has 11 nitrogen and oxygen atoms in total. The summed E-state index contributed by atoms with van der Waals surface area (Å²) in [5.41, 5.74) is -0.206. The Labute approximate surface area is 217 Å². The quantitative estimate of drug-likeness (QED) is 0.302. The standard InChI is InChI=1S/C25H37BN2O9/c1-23(2,3)34-21(31)27-15-7-14-25(6)24(4,5)36-26(37-25)18-10-8-17(9-11-18)16-33-22(32)35-28-19(29)12-13-20(28)30/h8-11,19,29H,7,12-16H2,1-6H3,(H,27,31). The number of rotatable bonds is 8. The monoisotopic (exact) mass is 520 g/mol.